The standard InChI is InChI=1S/C21H21N5O6S2.Na.H/c27-13-3-5-22-21(24-13)34-9-14(28)23-15-18(30)26-16(20(31)32)11(8-33-19(15)26)7-10-4-6-25(17(10)29)12-1-2-12;;/h3,5,7,12,15,19H,1-2,4,6,8-9H2,(H,23,28)(H,31,32)(H,22,24,27);;/b10-7+;;/t15-,19-;;/m1../s1. The van der Waals surface area contributed by atoms with Gasteiger partial charge in [0.1, 0.15) is 17.1 Å². The number of β-lactam (4-membered cyclic amide) rings is 1. The first-order valence-corrected chi connectivity index (χ1v) is 12.7. The van der Waals surface area contributed by atoms with E-state index < -0.39 is 29.2 Å². The second-order valence-corrected chi connectivity index (χ2v) is 10.3. The zero-order chi connectivity index (χ0) is 24.0. The molecule has 5 rings (SSSR count). The molecule has 3 amide bonds. The number of carboxylic acid groups (broad SMARTS) is 1. The van der Waals surface area contributed by atoms with Gasteiger partial charge in [-0.25, -0.2) is 9.78 Å². The summed E-state index contributed by atoms with van der Waals surface area (Å²) >= 11 is 2.36. The summed E-state index contributed by atoms with van der Waals surface area (Å²) in [6.07, 6.45) is 5.57. The van der Waals surface area contributed by atoms with E-state index in [1.165, 1.54) is 28.9 Å². The molecular weight excluding hydrogens is 505 g/mol. The molecule has 0 unspecified atom stereocenters. The van der Waals surface area contributed by atoms with Crippen molar-refractivity contribution in [3.63, 3.8) is 0 Å². The average molecular weight is 528 g/mol. The van der Waals surface area contributed by atoms with E-state index in [0.717, 1.165) is 24.6 Å². The first-order valence-electron chi connectivity index (χ1n) is 10.7. The maximum absolute atomic E-state index is 12.8. The van der Waals surface area contributed by atoms with Crippen molar-refractivity contribution in [3.05, 3.63) is 35.2 Å². The molecule has 3 aliphatic heterocycles. The maximum atomic E-state index is 12.8. The number of aromatic nitrogens is 2. The zero-order valence-corrected chi connectivity index (χ0v) is 19.5. The van der Waals surface area contributed by atoms with Gasteiger partial charge >= 0.3 is 35.5 Å². The number of allylic oxidation sites excluding steroid dienone is 1. The number of aliphatic carboxylic acids is 1. The van der Waals surface area contributed by atoms with Gasteiger partial charge in [-0.15, -0.1) is 11.8 Å². The van der Waals surface area contributed by atoms with Crippen LogP contribution in [0, 0.1) is 0 Å². The third kappa shape index (κ3) is 5.24. The number of rotatable bonds is 7. The van der Waals surface area contributed by atoms with Gasteiger partial charge in [0.05, 0.1) is 5.75 Å². The first-order chi connectivity index (χ1) is 16.3. The average Bonchev–Trinajstić information content (AvgIpc) is 3.59. The van der Waals surface area contributed by atoms with Crippen molar-refractivity contribution in [2.75, 3.05) is 18.1 Å². The Hall–Kier alpha value is -2.06. The topological polar surface area (TPSA) is 153 Å². The summed E-state index contributed by atoms with van der Waals surface area (Å²) in [5, 5.41) is 21.5. The van der Waals surface area contributed by atoms with Crippen LogP contribution in [-0.4, -0.2) is 119 Å². The van der Waals surface area contributed by atoms with E-state index in [9.17, 15) is 29.4 Å². The Kier molecular flexibility index (Phi) is 7.81. The van der Waals surface area contributed by atoms with Crippen LogP contribution >= 0.6 is 23.5 Å². The molecule has 11 nitrogen and oxygen atoms in total. The Bertz CT molecular complexity index is 1160. The predicted octanol–water partition coefficient (Wildman–Crippen LogP) is -0.314. The van der Waals surface area contributed by atoms with Crippen LogP contribution in [0.1, 0.15) is 19.3 Å². The van der Waals surface area contributed by atoms with Gasteiger partial charge in [0.2, 0.25) is 17.7 Å². The molecule has 1 aromatic rings. The summed E-state index contributed by atoms with van der Waals surface area (Å²) in [6, 6.07) is 0.774. The van der Waals surface area contributed by atoms with Gasteiger partial charge in [0.15, 0.2) is 5.16 Å². The van der Waals surface area contributed by atoms with Crippen LogP contribution in [0.2, 0.25) is 0 Å². The van der Waals surface area contributed by atoms with Crippen molar-refractivity contribution in [1.82, 2.24) is 25.1 Å². The number of hydrogen-bond acceptors (Lipinski definition) is 9. The van der Waals surface area contributed by atoms with Gasteiger partial charge in [-0.05, 0) is 30.9 Å². The van der Waals surface area contributed by atoms with Crippen LogP contribution in [0.5, 0.6) is 5.88 Å². The molecule has 3 N–H and O–H groups in total. The molecule has 1 aromatic heterocycles. The van der Waals surface area contributed by atoms with Crippen molar-refractivity contribution in [1.29, 1.82) is 0 Å². The zero-order valence-electron chi connectivity index (χ0n) is 17.8. The number of carbonyl (C=O) groups is 4. The minimum absolute atomic E-state index is 0. The molecule has 0 bridgehead atoms. The molecule has 14 heteroatoms. The molecule has 1 aliphatic carbocycles. The Morgan fingerprint density at radius 2 is 2.09 bits per heavy atom. The second-order valence-electron chi connectivity index (χ2n) is 8.27. The molecular formula is C21H22N5NaO6S2. The molecule has 0 spiro atoms. The quantitative estimate of drug-likeness (QED) is 0.141. The van der Waals surface area contributed by atoms with Crippen molar-refractivity contribution in [2.45, 2.75) is 41.9 Å². The first kappa shape index (κ1) is 26.0. The van der Waals surface area contributed by atoms with Gasteiger partial charge in [-0.2, -0.15) is 4.98 Å². The Morgan fingerprint density at radius 3 is 2.77 bits per heavy atom. The van der Waals surface area contributed by atoms with Gasteiger partial charge in [0, 0.05) is 36.2 Å². The van der Waals surface area contributed by atoms with Gasteiger partial charge in [-0.1, -0.05) is 11.8 Å². The molecule has 2 atom stereocenters. The molecule has 0 aromatic carbocycles. The predicted molar refractivity (Wildman–Crippen MR) is 129 cm³/mol. The number of amides is 3. The summed E-state index contributed by atoms with van der Waals surface area (Å²) in [6.45, 7) is 0.642. The normalized spacial score (nSPS) is 24.7. The minimum atomic E-state index is -1.24. The Morgan fingerprint density at radius 1 is 1.31 bits per heavy atom. The number of thioether (sulfide) groups is 2. The number of hydrogen-bond donors (Lipinski definition) is 3. The van der Waals surface area contributed by atoms with E-state index in [2.05, 4.69) is 15.3 Å². The number of aromatic hydroxyl groups is 1. The molecule has 4 heterocycles. The van der Waals surface area contributed by atoms with E-state index in [1.807, 2.05) is 4.90 Å². The van der Waals surface area contributed by atoms with Crippen LogP contribution < -0.4 is 5.32 Å². The Balaban J connectivity index is 0.00000289. The molecule has 0 radical (unpaired) electrons. The molecule has 180 valence electrons. The van der Waals surface area contributed by atoms with Crippen LogP contribution in [0.3, 0.4) is 0 Å². The van der Waals surface area contributed by atoms with Gasteiger partial charge < -0.3 is 20.4 Å². The van der Waals surface area contributed by atoms with Crippen LogP contribution in [0.15, 0.2) is 40.3 Å². The number of nitrogens with zero attached hydrogens (tertiary/aromatic N) is 4. The van der Waals surface area contributed by atoms with E-state index in [0.29, 0.717) is 35.9 Å². The van der Waals surface area contributed by atoms with E-state index in [1.54, 1.807) is 6.08 Å². The van der Waals surface area contributed by atoms with Crippen molar-refractivity contribution in [2.24, 2.45) is 0 Å². The van der Waals surface area contributed by atoms with Crippen molar-refractivity contribution in [3.8, 4) is 5.88 Å². The second kappa shape index (κ2) is 10.5. The number of carbonyl (C=O) groups excluding carboxylic acids is 3. The number of nitrogens with one attached hydrogen (secondary N) is 1. The van der Waals surface area contributed by atoms with E-state index >= 15 is 0 Å². The van der Waals surface area contributed by atoms with Crippen molar-refractivity contribution >= 4 is 76.8 Å². The van der Waals surface area contributed by atoms with Gasteiger partial charge in [0.25, 0.3) is 5.91 Å². The summed E-state index contributed by atoms with van der Waals surface area (Å²) in [4.78, 5) is 60.6. The fourth-order valence-corrected chi connectivity index (χ4v) is 6.16. The van der Waals surface area contributed by atoms with Crippen LogP contribution in [0.4, 0.5) is 0 Å². The molecule has 2 saturated heterocycles. The summed E-state index contributed by atoms with van der Waals surface area (Å²) in [5.41, 5.74) is 0.875. The fourth-order valence-electron chi connectivity index (χ4n) is 4.21. The van der Waals surface area contributed by atoms with Crippen molar-refractivity contribution < 1.29 is 29.4 Å². The summed E-state index contributed by atoms with van der Waals surface area (Å²) in [7, 11) is 0. The number of fused-ring (bicyclic) bond motifs is 1. The Labute approximate surface area is 231 Å². The third-order valence-electron chi connectivity index (χ3n) is 5.96. The SMILES string of the molecule is O=C(CSc1nccc(O)n1)N[C@@H]1C(=O)N2C(C(=O)O)=C(/C=C3\CCN(C4CC4)C3=O)CS[C@H]12.[NaH]. The summed E-state index contributed by atoms with van der Waals surface area (Å²) in [5.74, 6) is -2.19. The monoisotopic (exact) mass is 527 g/mol. The summed E-state index contributed by atoms with van der Waals surface area (Å²) < 4.78 is 0. The van der Waals surface area contributed by atoms with Crippen LogP contribution in [0.25, 0.3) is 0 Å². The molecule has 3 fully saturated rings. The number of carboxylic acids is 1. The van der Waals surface area contributed by atoms with Crippen LogP contribution in [-0.2, 0) is 19.2 Å². The number of likely N-dealkylation sites (tertiary alicyclic amines) is 1. The van der Waals surface area contributed by atoms with E-state index in [-0.39, 0.29) is 58.0 Å². The molecule has 1 saturated carbocycles. The molecule has 4 aliphatic rings. The van der Waals surface area contributed by atoms with Gasteiger partial charge in [-0.3, -0.25) is 19.3 Å². The fraction of sp³-hybridized carbons (Fsp3) is 0.429. The molecule has 35 heavy (non-hydrogen) atoms. The third-order valence-corrected chi connectivity index (χ3v) is 8.13. The van der Waals surface area contributed by atoms with E-state index in [4.69, 9.17) is 0 Å².